The molecule has 17 heavy (non-hydrogen) atoms. The molecule has 0 aromatic heterocycles. The lowest BCUT2D eigenvalue weighted by atomic mass is 9.94. The van der Waals surface area contributed by atoms with Crippen LogP contribution in [0.2, 0.25) is 0 Å². The summed E-state index contributed by atoms with van der Waals surface area (Å²) in [6, 6.07) is 0.532. The van der Waals surface area contributed by atoms with E-state index in [1.54, 1.807) is 0 Å². The first-order valence-corrected chi connectivity index (χ1v) is 6.89. The fourth-order valence-corrected chi connectivity index (χ4v) is 3.42. The van der Waals surface area contributed by atoms with Gasteiger partial charge in [0.1, 0.15) is 6.10 Å². The number of hydrogen-bond donors (Lipinski definition) is 1. The van der Waals surface area contributed by atoms with Crippen molar-refractivity contribution in [3.05, 3.63) is 0 Å². The molecule has 3 heterocycles. The number of fused-ring (bicyclic) bond motifs is 1. The van der Waals surface area contributed by atoms with Gasteiger partial charge in [-0.15, -0.1) is 0 Å². The summed E-state index contributed by atoms with van der Waals surface area (Å²) in [5.74, 6) is 1.29. The molecule has 0 radical (unpaired) electrons. The topological polar surface area (TPSA) is 41.6 Å². The van der Waals surface area contributed by atoms with Crippen LogP contribution in [0.3, 0.4) is 0 Å². The Morgan fingerprint density at radius 3 is 2.94 bits per heavy atom. The fraction of sp³-hybridized carbons (Fsp3) is 0.923. The minimum atomic E-state index is -0.171. The van der Waals surface area contributed by atoms with Gasteiger partial charge in [-0.2, -0.15) is 0 Å². The third-order valence-electron chi connectivity index (χ3n) is 4.54. The van der Waals surface area contributed by atoms with Crippen molar-refractivity contribution in [2.45, 2.75) is 38.3 Å². The van der Waals surface area contributed by atoms with Gasteiger partial charge in [0.2, 0.25) is 0 Å². The summed E-state index contributed by atoms with van der Waals surface area (Å²) in [6.07, 6.45) is 3.37. The largest absolute Gasteiger partial charge is 0.368 e. The van der Waals surface area contributed by atoms with Crippen molar-refractivity contribution in [2.24, 2.45) is 11.8 Å². The average Bonchev–Trinajstić information content (AvgIpc) is 2.93. The molecule has 1 amide bonds. The Balaban J connectivity index is 1.63. The van der Waals surface area contributed by atoms with Crippen molar-refractivity contribution >= 4 is 5.91 Å². The van der Waals surface area contributed by atoms with Crippen LogP contribution < -0.4 is 5.32 Å². The molecule has 0 aromatic carbocycles. The van der Waals surface area contributed by atoms with Crippen molar-refractivity contribution in [3.63, 3.8) is 0 Å². The van der Waals surface area contributed by atoms with Crippen molar-refractivity contribution in [1.82, 2.24) is 10.2 Å². The molecular formula is C13H22N2O2. The van der Waals surface area contributed by atoms with E-state index in [4.69, 9.17) is 4.74 Å². The average molecular weight is 238 g/mol. The van der Waals surface area contributed by atoms with Crippen LogP contribution in [-0.2, 0) is 9.53 Å². The number of hydrogen-bond acceptors (Lipinski definition) is 3. The van der Waals surface area contributed by atoms with Crippen LogP contribution in [0.4, 0.5) is 0 Å². The SMILES string of the molecule is CC1CCOC1C(=O)N1CC2CCCNC2C1. The lowest BCUT2D eigenvalue weighted by Gasteiger charge is -2.24. The number of likely N-dealkylation sites (tertiary alicyclic amines) is 1. The Bertz CT molecular complexity index is 294. The quantitative estimate of drug-likeness (QED) is 0.728. The Morgan fingerprint density at radius 2 is 2.24 bits per heavy atom. The maximum atomic E-state index is 12.4. The Morgan fingerprint density at radius 1 is 1.35 bits per heavy atom. The number of carbonyl (C=O) groups excluding carboxylic acids is 1. The minimum absolute atomic E-state index is 0.171. The molecule has 4 atom stereocenters. The molecule has 3 rings (SSSR count). The summed E-state index contributed by atoms with van der Waals surface area (Å²) < 4.78 is 5.58. The highest BCUT2D eigenvalue weighted by atomic mass is 16.5. The molecule has 4 heteroatoms. The van der Waals surface area contributed by atoms with Gasteiger partial charge in [0.05, 0.1) is 0 Å². The summed E-state index contributed by atoms with van der Waals surface area (Å²) in [6.45, 7) is 5.80. The molecule has 0 saturated carbocycles. The summed E-state index contributed by atoms with van der Waals surface area (Å²) in [5.41, 5.74) is 0. The summed E-state index contributed by atoms with van der Waals surface area (Å²) in [7, 11) is 0. The third-order valence-corrected chi connectivity index (χ3v) is 4.54. The van der Waals surface area contributed by atoms with E-state index >= 15 is 0 Å². The van der Waals surface area contributed by atoms with E-state index < -0.39 is 0 Å². The highest BCUT2D eigenvalue weighted by Crippen LogP contribution is 2.28. The van der Waals surface area contributed by atoms with Crippen molar-refractivity contribution < 1.29 is 9.53 Å². The van der Waals surface area contributed by atoms with Crippen LogP contribution in [0.25, 0.3) is 0 Å². The van der Waals surface area contributed by atoms with E-state index in [0.29, 0.717) is 17.9 Å². The van der Waals surface area contributed by atoms with E-state index in [-0.39, 0.29) is 12.0 Å². The molecule has 1 N–H and O–H groups in total. The van der Waals surface area contributed by atoms with Gasteiger partial charge < -0.3 is 15.0 Å². The zero-order valence-corrected chi connectivity index (χ0v) is 10.5. The Kier molecular flexibility index (Phi) is 3.09. The molecule has 0 spiro atoms. The second-order valence-corrected chi connectivity index (χ2v) is 5.76. The second-order valence-electron chi connectivity index (χ2n) is 5.76. The van der Waals surface area contributed by atoms with Crippen LogP contribution in [-0.4, -0.2) is 49.2 Å². The maximum absolute atomic E-state index is 12.4. The summed E-state index contributed by atoms with van der Waals surface area (Å²) >= 11 is 0. The maximum Gasteiger partial charge on any atom is 0.252 e. The number of ether oxygens (including phenoxy) is 1. The highest BCUT2D eigenvalue weighted by molar-refractivity contribution is 5.82. The van der Waals surface area contributed by atoms with Crippen LogP contribution in [0, 0.1) is 11.8 Å². The number of rotatable bonds is 1. The first-order chi connectivity index (χ1) is 8.25. The van der Waals surface area contributed by atoms with Crippen molar-refractivity contribution in [3.8, 4) is 0 Å². The van der Waals surface area contributed by atoms with Crippen molar-refractivity contribution in [2.75, 3.05) is 26.2 Å². The van der Waals surface area contributed by atoms with Crippen LogP contribution in [0.1, 0.15) is 26.2 Å². The van der Waals surface area contributed by atoms with Crippen LogP contribution in [0.5, 0.6) is 0 Å². The molecule has 0 aromatic rings. The van der Waals surface area contributed by atoms with Gasteiger partial charge in [-0.3, -0.25) is 4.79 Å². The predicted octanol–water partition coefficient (Wildman–Crippen LogP) is 0.622. The van der Waals surface area contributed by atoms with Gasteiger partial charge in [0.25, 0.3) is 5.91 Å². The van der Waals surface area contributed by atoms with Gasteiger partial charge in [-0.1, -0.05) is 6.92 Å². The minimum Gasteiger partial charge on any atom is -0.368 e. The van der Waals surface area contributed by atoms with Gasteiger partial charge in [-0.25, -0.2) is 0 Å². The second kappa shape index (κ2) is 4.58. The van der Waals surface area contributed by atoms with Gasteiger partial charge in [0.15, 0.2) is 0 Å². The lowest BCUT2D eigenvalue weighted by molar-refractivity contribution is -0.141. The van der Waals surface area contributed by atoms with Crippen LogP contribution in [0.15, 0.2) is 0 Å². The molecule has 0 aliphatic carbocycles. The predicted molar refractivity (Wildman–Crippen MR) is 64.6 cm³/mol. The fourth-order valence-electron chi connectivity index (χ4n) is 3.42. The van der Waals surface area contributed by atoms with Crippen molar-refractivity contribution in [1.29, 1.82) is 0 Å². The number of nitrogens with one attached hydrogen (secondary N) is 1. The number of piperidine rings is 1. The van der Waals surface area contributed by atoms with E-state index in [9.17, 15) is 4.79 Å². The van der Waals surface area contributed by atoms with Crippen LogP contribution >= 0.6 is 0 Å². The molecule has 0 bridgehead atoms. The Labute approximate surface area is 103 Å². The van der Waals surface area contributed by atoms with E-state index in [0.717, 1.165) is 32.7 Å². The molecule has 4 unspecified atom stereocenters. The normalized spacial score (nSPS) is 41.6. The number of carbonyl (C=O) groups is 1. The molecule has 4 nitrogen and oxygen atoms in total. The number of amides is 1. The molecular weight excluding hydrogens is 216 g/mol. The molecule has 3 aliphatic rings. The lowest BCUT2D eigenvalue weighted by Crippen LogP contribution is -2.43. The zero-order valence-electron chi connectivity index (χ0n) is 10.5. The smallest absolute Gasteiger partial charge is 0.252 e. The number of nitrogens with zero attached hydrogens (tertiary/aromatic N) is 1. The Hall–Kier alpha value is -0.610. The molecule has 96 valence electrons. The molecule has 3 aliphatic heterocycles. The van der Waals surface area contributed by atoms with E-state index in [1.165, 1.54) is 12.8 Å². The monoisotopic (exact) mass is 238 g/mol. The summed E-state index contributed by atoms with van der Waals surface area (Å²) in [4.78, 5) is 14.4. The zero-order chi connectivity index (χ0) is 11.8. The first-order valence-electron chi connectivity index (χ1n) is 6.89. The van der Waals surface area contributed by atoms with E-state index in [2.05, 4.69) is 12.2 Å². The van der Waals surface area contributed by atoms with Gasteiger partial charge in [-0.05, 0) is 37.6 Å². The van der Waals surface area contributed by atoms with Gasteiger partial charge >= 0.3 is 0 Å². The summed E-state index contributed by atoms with van der Waals surface area (Å²) in [5, 5.41) is 3.53. The molecule has 3 saturated heterocycles. The first kappa shape index (κ1) is 11.5. The standard InChI is InChI=1S/C13H22N2O2/c1-9-4-6-17-12(9)13(16)15-7-10-3-2-5-14-11(10)8-15/h9-12,14H,2-8H2,1H3. The van der Waals surface area contributed by atoms with E-state index in [1.807, 2.05) is 4.90 Å². The van der Waals surface area contributed by atoms with Gasteiger partial charge in [0, 0.05) is 25.7 Å². The third kappa shape index (κ3) is 2.08. The molecule has 3 fully saturated rings. The highest BCUT2D eigenvalue weighted by Gasteiger charge is 2.41.